The number of carbonyl (C=O) groups excluding carboxylic acids is 1. The van der Waals surface area contributed by atoms with Crippen molar-refractivity contribution in [2.45, 2.75) is 6.61 Å². The minimum Gasteiger partial charge on any atom is -0.497 e. The smallest absolute Gasteiger partial charge is 0.271 e. The Labute approximate surface area is 204 Å². The van der Waals surface area contributed by atoms with Crippen LogP contribution in [0, 0.1) is 0 Å². The van der Waals surface area contributed by atoms with Crippen molar-refractivity contribution in [2.75, 3.05) is 14.2 Å². The predicted octanol–water partition coefficient (Wildman–Crippen LogP) is 6.12. The minimum atomic E-state index is -0.354. The lowest BCUT2D eigenvalue weighted by Gasteiger charge is -2.14. The molecule has 0 saturated carbocycles. The van der Waals surface area contributed by atoms with Crippen LogP contribution in [-0.2, 0) is 6.61 Å². The van der Waals surface area contributed by atoms with Gasteiger partial charge in [0.05, 0.1) is 35.0 Å². The van der Waals surface area contributed by atoms with Crippen LogP contribution in [0.1, 0.15) is 21.5 Å². The molecule has 0 radical (unpaired) electrons. The summed E-state index contributed by atoms with van der Waals surface area (Å²) in [4.78, 5) is 12.3. The second-order valence-corrected chi connectivity index (χ2v) is 8.17. The molecule has 3 rings (SSSR count). The number of halogens is 3. The number of nitrogens with zero attached hydrogens (tertiary/aromatic N) is 1. The van der Waals surface area contributed by atoms with E-state index >= 15 is 0 Å². The first-order valence-electron chi connectivity index (χ1n) is 9.33. The highest BCUT2D eigenvalue weighted by atomic mass is 79.9. The van der Waals surface area contributed by atoms with Crippen LogP contribution < -0.4 is 19.6 Å². The number of hydrogen-bond acceptors (Lipinski definition) is 5. The number of ether oxygens (including phenoxy) is 3. The number of benzene rings is 3. The van der Waals surface area contributed by atoms with Gasteiger partial charge >= 0.3 is 0 Å². The normalized spacial score (nSPS) is 10.8. The summed E-state index contributed by atoms with van der Waals surface area (Å²) in [6, 6.07) is 15.6. The number of methoxy groups -OCH3 is 2. The van der Waals surface area contributed by atoms with Crippen molar-refractivity contribution in [1.29, 1.82) is 0 Å². The minimum absolute atomic E-state index is 0.274. The maximum absolute atomic E-state index is 12.3. The van der Waals surface area contributed by atoms with E-state index in [1.54, 1.807) is 62.8 Å². The van der Waals surface area contributed by atoms with Crippen LogP contribution in [0.3, 0.4) is 0 Å². The topological polar surface area (TPSA) is 69.2 Å². The van der Waals surface area contributed by atoms with E-state index in [4.69, 9.17) is 37.4 Å². The van der Waals surface area contributed by atoms with Crippen molar-refractivity contribution >= 4 is 51.3 Å². The molecule has 9 heteroatoms. The fraction of sp³-hybridized carbons (Fsp3) is 0.130. The molecule has 0 fully saturated rings. The first-order valence-corrected chi connectivity index (χ1v) is 10.9. The molecule has 0 aliphatic carbocycles. The number of amides is 1. The zero-order valence-electron chi connectivity index (χ0n) is 17.2. The molecule has 166 valence electrons. The average Bonchev–Trinajstić information content (AvgIpc) is 2.80. The second-order valence-electron chi connectivity index (χ2n) is 6.50. The van der Waals surface area contributed by atoms with Gasteiger partial charge in [-0.25, -0.2) is 5.43 Å². The molecule has 0 saturated heterocycles. The van der Waals surface area contributed by atoms with Gasteiger partial charge in [-0.1, -0.05) is 35.3 Å². The van der Waals surface area contributed by atoms with Crippen molar-refractivity contribution in [3.63, 3.8) is 0 Å². The van der Waals surface area contributed by atoms with Crippen LogP contribution in [0.4, 0.5) is 0 Å². The predicted molar refractivity (Wildman–Crippen MR) is 130 cm³/mol. The molecular formula is C23H19BrCl2N2O4. The summed E-state index contributed by atoms with van der Waals surface area (Å²) < 4.78 is 17.2. The Morgan fingerprint density at radius 1 is 1.06 bits per heavy atom. The van der Waals surface area contributed by atoms with Gasteiger partial charge in [-0.3, -0.25) is 4.79 Å². The highest BCUT2D eigenvalue weighted by Gasteiger charge is 2.12. The molecule has 0 heterocycles. The standard InChI is InChI=1S/C23H19BrCl2N2O4/c1-30-17-5-3-4-16(11-17)23(29)28-27-12-15-8-18(24)22(21(10-15)31-2)32-13-14-6-7-19(25)20(26)9-14/h3-12H,13H2,1-2H3,(H,28,29)/b27-12-. The van der Waals surface area contributed by atoms with Crippen molar-refractivity contribution < 1.29 is 19.0 Å². The molecule has 0 unspecified atom stereocenters. The van der Waals surface area contributed by atoms with Crippen LogP contribution in [0.2, 0.25) is 10.0 Å². The van der Waals surface area contributed by atoms with Crippen LogP contribution in [-0.4, -0.2) is 26.3 Å². The number of hydrazone groups is 1. The summed E-state index contributed by atoms with van der Waals surface area (Å²) in [6.45, 7) is 0.274. The molecule has 32 heavy (non-hydrogen) atoms. The zero-order valence-corrected chi connectivity index (χ0v) is 20.3. The number of hydrogen-bond donors (Lipinski definition) is 1. The molecule has 6 nitrogen and oxygen atoms in total. The van der Waals surface area contributed by atoms with Crippen LogP contribution in [0.15, 0.2) is 64.2 Å². The van der Waals surface area contributed by atoms with Crippen molar-refractivity contribution in [2.24, 2.45) is 5.10 Å². The molecule has 3 aromatic rings. The third-order valence-electron chi connectivity index (χ3n) is 4.33. The lowest BCUT2D eigenvalue weighted by molar-refractivity contribution is 0.0955. The van der Waals surface area contributed by atoms with Gasteiger partial charge in [0.25, 0.3) is 5.91 Å². The van der Waals surface area contributed by atoms with Gasteiger partial charge in [0.15, 0.2) is 11.5 Å². The Hall–Kier alpha value is -2.74. The number of nitrogens with one attached hydrogen (secondary N) is 1. The van der Waals surface area contributed by atoms with E-state index in [2.05, 4.69) is 26.5 Å². The van der Waals surface area contributed by atoms with Crippen molar-refractivity contribution in [3.8, 4) is 17.2 Å². The highest BCUT2D eigenvalue weighted by molar-refractivity contribution is 9.10. The van der Waals surface area contributed by atoms with Gasteiger partial charge in [0, 0.05) is 5.56 Å². The van der Waals surface area contributed by atoms with E-state index < -0.39 is 0 Å². The van der Waals surface area contributed by atoms with Crippen LogP contribution >= 0.6 is 39.1 Å². The van der Waals surface area contributed by atoms with Crippen LogP contribution in [0.5, 0.6) is 17.2 Å². The van der Waals surface area contributed by atoms with Gasteiger partial charge in [0.2, 0.25) is 0 Å². The Morgan fingerprint density at radius 2 is 1.88 bits per heavy atom. The Morgan fingerprint density at radius 3 is 2.59 bits per heavy atom. The summed E-state index contributed by atoms with van der Waals surface area (Å²) in [6.07, 6.45) is 1.51. The monoisotopic (exact) mass is 536 g/mol. The van der Waals surface area contributed by atoms with E-state index in [-0.39, 0.29) is 12.5 Å². The second kappa shape index (κ2) is 11.2. The molecule has 0 atom stereocenters. The highest BCUT2D eigenvalue weighted by Crippen LogP contribution is 2.37. The summed E-state index contributed by atoms with van der Waals surface area (Å²) >= 11 is 15.5. The largest absolute Gasteiger partial charge is 0.497 e. The van der Waals surface area contributed by atoms with Gasteiger partial charge in [-0.2, -0.15) is 5.10 Å². The van der Waals surface area contributed by atoms with Crippen LogP contribution in [0.25, 0.3) is 0 Å². The number of carbonyl (C=O) groups is 1. The summed E-state index contributed by atoms with van der Waals surface area (Å²) in [5, 5.41) is 4.96. The van der Waals surface area contributed by atoms with Gasteiger partial charge in [-0.15, -0.1) is 0 Å². The quantitative estimate of drug-likeness (QED) is 0.278. The molecule has 0 aliphatic heterocycles. The van der Waals surface area contributed by atoms with E-state index in [1.807, 2.05) is 6.07 Å². The molecule has 1 amide bonds. The molecule has 0 bridgehead atoms. The van der Waals surface area contributed by atoms with Crippen molar-refractivity contribution in [3.05, 3.63) is 85.8 Å². The maximum Gasteiger partial charge on any atom is 0.271 e. The Bertz CT molecular complexity index is 1150. The first kappa shape index (κ1) is 23.9. The lowest BCUT2D eigenvalue weighted by Crippen LogP contribution is -2.17. The maximum atomic E-state index is 12.3. The average molecular weight is 538 g/mol. The van der Waals surface area contributed by atoms with E-state index in [9.17, 15) is 4.79 Å². The Kier molecular flexibility index (Phi) is 8.39. The third-order valence-corrected chi connectivity index (χ3v) is 5.66. The summed E-state index contributed by atoms with van der Waals surface area (Å²) in [5.41, 5.74) is 4.48. The fourth-order valence-corrected chi connectivity index (χ4v) is 3.63. The third kappa shape index (κ3) is 6.16. The molecule has 3 aromatic carbocycles. The molecule has 0 aliphatic rings. The molecular weight excluding hydrogens is 519 g/mol. The SMILES string of the molecule is COc1cccc(C(=O)N/N=C\c2cc(Br)c(OCc3ccc(Cl)c(Cl)c3)c(OC)c2)c1. The molecule has 0 aromatic heterocycles. The van der Waals surface area contributed by atoms with E-state index in [0.29, 0.717) is 42.9 Å². The summed E-state index contributed by atoms with van der Waals surface area (Å²) in [5.74, 6) is 1.26. The van der Waals surface area contributed by atoms with E-state index in [0.717, 1.165) is 5.56 Å². The molecule has 0 spiro atoms. The van der Waals surface area contributed by atoms with Gasteiger partial charge in [0.1, 0.15) is 12.4 Å². The van der Waals surface area contributed by atoms with Gasteiger partial charge in [-0.05, 0) is 69.5 Å². The number of rotatable bonds is 8. The Balaban J connectivity index is 1.69. The first-order chi connectivity index (χ1) is 15.4. The lowest BCUT2D eigenvalue weighted by atomic mass is 10.2. The van der Waals surface area contributed by atoms with Crippen molar-refractivity contribution in [1.82, 2.24) is 5.43 Å². The summed E-state index contributed by atoms with van der Waals surface area (Å²) in [7, 11) is 3.08. The van der Waals surface area contributed by atoms with Gasteiger partial charge < -0.3 is 14.2 Å². The molecule has 1 N–H and O–H groups in total. The van der Waals surface area contributed by atoms with E-state index in [1.165, 1.54) is 6.21 Å². The zero-order chi connectivity index (χ0) is 23.1. The fourth-order valence-electron chi connectivity index (χ4n) is 2.73.